The monoisotopic (exact) mass is 444 g/mol. The van der Waals surface area contributed by atoms with Gasteiger partial charge in [-0.25, -0.2) is 13.1 Å². The minimum absolute atomic E-state index is 0.0343. The third-order valence-electron chi connectivity index (χ3n) is 4.69. The number of carbonyl (C=O) groups is 1. The fourth-order valence-corrected chi connectivity index (χ4v) is 4.91. The summed E-state index contributed by atoms with van der Waals surface area (Å²) >= 11 is 3.43. The van der Waals surface area contributed by atoms with Crippen molar-refractivity contribution in [3.05, 3.63) is 34.3 Å². The molecule has 1 N–H and O–H groups in total. The first-order valence-electron chi connectivity index (χ1n) is 9.42. The summed E-state index contributed by atoms with van der Waals surface area (Å²) in [6.45, 7) is 3.15. The van der Waals surface area contributed by atoms with E-state index >= 15 is 0 Å². The molecule has 0 saturated carbocycles. The van der Waals surface area contributed by atoms with Crippen LogP contribution in [0.15, 0.2) is 28.7 Å². The zero-order valence-electron chi connectivity index (χ0n) is 15.4. The summed E-state index contributed by atoms with van der Waals surface area (Å²) in [7, 11) is -3.17. The van der Waals surface area contributed by atoms with E-state index in [4.69, 9.17) is 0 Å². The van der Waals surface area contributed by atoms with Crippen molar-refractivity contribution in [3.63, 3.8) is 0 Å². The van der Waals surface area contributed by atoms with Crippen molar-refractivity contribution in [2.75, 3.05) is 18.8 Å². The molecule has 1 heterocycles. The summed E-state index contributed by atoms with van der Waals surface area (Å²) in [6, 6.07) is 8.26. The lowest BCUT2D eigenvalue weighted by molar-refractivity contribution is -0.132. The highest BCUT2D eigenvalue weighted by atomic mass is 79.9. The van der Waals surface area contributed by atoms with Crippen LogP contribution in [0.1, 0.15) is 51.0 Å². The van der Waals surface area contributed by atoms with Gasteiger partial charge in [0.1, 0.15) is 0 Å². The molecular weight excluding hydrogens is 416 g/mol. The first kappa shape index (κ1) is 21.4. The summed E-state index contributed by atoms with van der Waals surface area (Å²) in [5.74, 6) is 0.362. The van der Waals surface area contributed by atoms with Crippen LogP contribution in [0.3, 0.4) is 0 Å². The van der Waals surface area contributed by atoms with E-state index in [0.717, 1.165) is 23.7 Å². The molecule has 1 aromatic rings. The number of likely N-dealkylation sites (tertiary alicyclic amines) is 1. The Morgan fingerprint density at radius 3 is 2.46 bits per heavy atom. The van der Waals surface area contributed by atoms with Gasteiger partial charge in [0.05, 0.1) is 5.75 Å². The molecule has 0 atom stereocenters. The molecule has 0 spiro atoms. The number of hydrogen-bond acceptors (Lipinski definition) is 3. The lowest BCUT2D eigenvalue weighted by atomic mass is 10.0. The summed E-state index contributed by atoms with van der Waals surface area (Å²) in [6.07, 6.45) is 5.47. The van der Waals surface area contributed by atoms with Crippen LogP contribution in [0.25, 0.3) is 0 Å². The van der Waals surface area contributed by atoms with Crippen molar-refractivity contribution in [1.82, 2.24) is 9.62 Å². The van der Waals surface area contributed by atoms with Gasteiger partial charge < -0.3 is 4.90 Å². The van der Waals surface area contributed by atoms with Crippen molar-refractivity contribution in [1.29, 1.82) is 0 Å². The normalized spacial score (nSPS) is 16.0. The van der Waals surface area contributed by atoms with Gasteiger partial charge in [-0.2, -0.15) is 0 Å². The molecule has 0 radical (unpaired) electrons. The second-order valence-corrected chi connectivity index (χ2v) is 9.71. The quantitative estimate of drug-likeness (QED) is 0.592. The zero-order chi connectivity index (χ0) is 19.0. The van der Waals surface area contributed by atoms with Crippen molar-refractivity contribution in [2.24, 2.45) is 0 Å². The summed E-state index contributed by atoms with van der Waals surface area (Å²) in [5, 5.41) is 0. The molecule has 0 bridgehead atoms. The molecule has 1 aromatic carbocycles. The fraction of sp³-hybridized carbons (Fsp3) is 0.632. The van der Waals surface area contributed by atoms with Crippen LogP contribution in [0.2, 0.25) is 0 Å². The largest absolute Gasteiger partial charge is 0.343 e. The van der Waals surface area contributed by atoms with Gasteiger partial charge in [0.15, 0.2) is 0 Å². The number of nitrogens with one attached hydrogen (secondary N) is 1. The van der Waals surface area contributed by atoms with Crippen molar-refractivity contribution in [3.8, 4) is 0 Å². The Bertz CT molecular complexity index is 669. The molecule has 1 aliphatic heterocycles. The van der Waals surface area contributed by atoms with E-state index < -0.39 is 10.0 Å². The smallest absolute Gasteiger partial charge is 0.222 e. The standard InChI is InChI=1S/C19H29BrN2O3S/c1-2-15-26(24,25)21-18-11-13-22(14-12-18)19(23)6-4-3-5-16-7-9-17(20)10-8-16/h7-10,18,21H,2-6,11-15H2,1H3. The zero-order valence-corrected chi connectivity index (χ0v) is 17.8. The molecule has 0 aromatic heterocycles. The number of nitrogens with zero attached hydrogens (tertiary/aromatic N) is 1. The van der Waals surface area contributed by atoms with E-state index in [2.05, 4.69) is 32.8 Å². The summed E-state index contributed by atoms with van der Waals surface area (Å²) in [4.78, 5) is 14.2. The maximum atomic E-state index is 12.3. The molecule has 1 saturated heterocycles. The number of amides is 1. The summed E-state index contributed by atoms with van der Waals surface area (Å²) < 4.78 is 27.5. The number of hydrogen-bond donors (Lipinski definition) is 1. The Morgan fingerprint density at radius 1 is 1.19 bits per heavy atom. The minimum Gasteiger partial charge on any atom is -0.343 e. The van der Waals surface area contributed by atoms with Gasteiger partial charge in [0, 0.05) is 30.0 Å². The Morgan fingerprint density at radius 2 is 1.85 bits per heavy atom. The highest BCUT2D eigenvalue weighted by Gasteiger charge is 2.25. The van der Waals surface area contributed by atoms with Crippen LogP contribution in [0.5, 0.6) is 0 Å². The average molecular weight is 445 g/mol. The molecule has 1 amide bonds. The number of benzene rings is 1. The fourth-order valence-electron chi connectivity index (χ4n) is 3.24. The van der Waals surface area contributed by atoms with Gasteiger partial charge >= 0.3 is 0 Å². The molecule has 7 heteroatoms. The average Bonchev–Trinajstić information content (AvgIpc) is 2.60. The third-order valence-corrected chi connectivity index (χ3v) is 6.85. The summed E-state index contributed by atoms with van der Waals surface area (Å²) in [5.41, 5.74) is 1.29. The third kappa shape index (κ3) is 7.37. The van der Waals surface area contributed by atoms with E-state index in [1.807, 2.05) is 24.0 Å². The van der Waals surface area contributed by atoms with Crippen molar-refractivity contribution in [2.45, 2.75) is 57.9 Å². The topological polar surface area (TPSA) is 66.5 Å². The van der Waals surface area contributed by atoms with Crippen molar-refractivity contribution >= 4 is 31.9 Å². The molecule has 0 unspecified atom stereocenters. The molecule has 2 rings (SSSR count). The van der Waals surface area contributed by atoms with E-state index in [9.17, 15) is 13.2 Å². The maximum Gasteiger partial charge on any atom is 0.222 e. The van der Waals surface area contributed by atoms with Crippen LogP contribution >= 0.6 is 15.9 Å². The van der Waals surface area contributed by atoms with E-state index in [-0.39, 0.29) is 17.7 Å². The molecule has 1 aliphatic rings. The lowest BCUT2D eigenvalue weighted by Gasteiger charge is -2.32. The van der Waals surface area contributed by atoms with Crippen LogP contribution in [0, 0.1) is 0 Å². The highest BCUT2D eigenvalue weighted by molar-refractivity contribution is 9.10. The van der Waals surface area contributed by atoms with E-state index in [1.54, 1.807) is 0 Å². The van der Waals surface area contributed by atoms with Gasteiger partial charge in [-0.15, -0.1) is 0 Å². The number of halogens is 1. The number of aryl methyl sites for hydroxylation is 1. The van der Waals surface area contributed by atoms with Gasteiger partial charge in [0.2, 0.25) is 15.9 Å². The molecule has 5 nitrogen and oxygen atoms in total. The van der Waals surface area contributed by atoms with Gasteiger partial charge in [0.25, 0.3) is 0 Å². The van der Waals surface area contributed by atoms with Crippen molar-refractivity contribution < 1.29 is 13.2 Å². The highest BCUT2D eigenvalue weighted by Crippen LogP contribution is 2.15. The van der Waals surface area contributed by atoms with E-state index in [1.165, 1.54) is 5.56 Å². The molecule has 26 heavy (non-hydrogen) atoms. The van der Waals surface area contributed by atoms with Gasteiger partial charge in [-0.05, 0) is 56.2 Å². The maximum absolute atomic E-state index is 12.3. The first-order valence-corrected chi connectivity index (χ1v) is 11.9. The van der Waals surface area contributed by atoms with Gasteiger partial charge in [-0.1, -0.05) is 35.0 Å². The Balaban J connectivity index is 1.64. The lowest BCUT2D eigenvalue weighted by Crippen LogP contribution is -2.46. The van der Waals surface area contributed by atoms with Crippen LogP contribution in [0.4, 0.5) is 0 Å². The molecule has 1 fully saturated rings. The predicted molar refractivity (Wildman–Crippen MR) is 109 cm³/mol. The number of carbonyl (C=O) groups excluding carboxylic acids is 1. The van der Waals surface area contributed by atoms with Crippen LogP contribution in [-0.2, 0) is 21.2 Å². The molecule has 146 valence electrons. The SMILES string of the molecule is CCCS(=O)(=O)NC1CCN(C(=O)CCCCc2ccc(Br)cc2)CC1. The number of piperidine rings is 1. The Labute approximate surface area is 165 Å². The Kier molecular flexibility index (Phi) is 8.57. The minimum atomic E-state index is -3.17. The molecule has 0 aliphatic carbocycles. The van der Waals surface area contributed by atoms with E-state index in [0.29, 0.717) is 38.8 Å². The van der Waals surface area contributed by atoms with Crippen LogP contribution in [-0.4, -0.2) is 44.1 Å². The molecular formula is C19H29BrN2O3S. The predicted octanol–water partition coefficient (Wildman–Crippen LogP) is 3.48. The number of sulfonamides is 1. The van der Waals surface area contributed by atoms with Crippen LogP contribution < -0.4 is 4.72 Å². The Hall–Kier alpha value is -0.920. The number of rotatable bonds is 9. The number of unbranched alkanes of at least 4 members (excludes halogenated alkanes) is 1. The first-order chi connectivity index (χ1) is 12.4. The van der Waals surface area contributed by atoms with Gasteiger partial charge in [-0.3, -0.25) is 4.79 Å². The second kappa shape index (κ2) is 10.4. The second-order valence-electron chi connectivity index (χ2n) is 6.93.